The maximum absolute atomic E-state index is 13.4. The number of anilines is 1. The van der Waals surface area contributed by atoms with Gasteiger partial charge in [0.15, 0.2) is 5.16 Å². The first-order chi connectivity index (χ1) is 13.3. The highest BCUT2D eigenvalue weighted by Gasteiger charge is 2.42. The number of carbonyl (C=O) groups is 1. The van der Waals surface area contributed by atoms with Gasteiger partial charge in [0.25, 0.3) is 0 Å². The Morgan fingerprint density at radius 3 is 2.57 bits per heavy atom. The third kappa shape index (κ3) is 3.32. The van der Waals surface area contributed by atoms with Crippen LogP contribution in [0.3, 0.4) is 0 Å². The summed E-state index contributed by atoms with van der Waals surface area (Å²) in [5, 5.41) is 0.640. The van der Waals surface area contributed by atoms with E-state index in [9.17, 15) is 4.79 Å². The first-order valence-electron chi connectivity index (χ1n) is 8.80. The Labute approximate surface area is 181 Å². The molecule has 0 radical (unpaired) electrons. The summed E-state index contributed by atoms with van der Waals surface area (Å²) in [4.78, 5) is 25.3. The minimum Gasteiger partial charge on any atom is -0.301 e. The Bertz CT molecular complexity index is 1110. The summed E-state index contributed by atoms with van der Waals surface area (Å²) in [6.07, 6.45) is 0. The van der Waals surface area contributed by atoms with Gasteiger partial charge in [0.2, 0.25) is 5.91 Å². The molecule has 8 heteroatoms. The first kappa shape index (κ1) is 19.7. The normalized spacial score (nSPS) is 14.5. The molecule has 2 aromatic heterocycles. The van der Waals surface area contributed by atoms with E-state index >= 15 is 0 Å². The molecule has 0 atom stereocenters. The molecule has 4 nitrogen and oxygen atoms in total. The zero-order valence-corrected chi connectivity index (χ0v) is 19.2. The second kappa shape index (κ2) is 7.33. The number of aryl methyl sites for hydroxylation is 2. The molecule has 1 aliphatic heterocycles. The number of benzene rings is 1. The van der Waals surface area contributed by atoms with Gasteiger partial charge < -0.3 is 4.90 Å². The van der Waals surface area contributed by atoms with E-state index in [4.69, 9.17) is 12.2 Å². The Balaban J connectivity index is 1.70. The summed E-state index contributed by atoms with van der Waals surface area (Å²) >= 11 is 6.98. The molecule has 144 valence electrons. The van der Waals surface area contributed by atoms with Gasteiger partial charge in [0.05, 0.1) is 21.9 Å². The second-order valence-corrected chi connectivity index (χ2v) is 10.9. The summed E-state index contributed by atoms with van der Waals surface area (Å²) in [5.41, 5.74) is 4.44. The van der Waals surface area contributed by atoms with Gasteiger partial charge in [0, 0.05) is 22.5 Å². The molecular weight excluding hydrogens is 427 g/mol. The number of carbonyl (C=O) groups excluding carboxylic acids is 1. The van der Waals surface area contributed by atoms with Gasteiger partial charge in [0.1, 0.15) is 3.82 Å². The third-order valence-corrected chi connectivity index (χ3v) is 8.86. The summed E-state index contributed by atoms with van der Waals surface area (Å²) in [7, 11) is 3.28. The quantitative estimate of drug-likeness (QED) is 0.215. The molecule has 0 aliphatic carbocycles. The van der Waals surface area contributed by atoms with Crippen LogP contribution in [0.25, 0.3) is 11.1 Å². The summed E-state index contributed by atoms with van der Waals surface area (Å²) < 4.78 is 0.894. The van der Waals surface area contributed by atoms with Crippen molar-refractivity contribution in [3.8, 4) is 11.1 Å². The number of hydrogen-bond donors (Lipinski definition) is 0. The Morgan fingerprint density at radius 1 is 1.18 bits per heavy atom. The maximum Gasteiger partial charge on any atom is 0.238 e. The van der Waals surface area contributed by atoms with Crippen molar-refractivity contribution in [2.45, 2.75) is 38.4 Å². The van der Waals surface area contributed by atoms with Crippen LogP contribution < -0.4 is 4.90 Å². The lowest BCUT2D eigenvalue weighted by atomic mass is 9.87. The fourth-order valence-electron chi connectivity index (χ4n) is 3.57. The van der Waals surface area contributed by atoms with Gasteiger partial charge in [-0.2, -0.15) is 0 Å². The van der Waals surface area contributed by atoms with Crippen molar-refractivity contribution in [3.63, 3.8) is 0 Å². The maximum atomic E-state index is 13.4. The predicted octanol–water partition coefficient (Wildman–Crippen LogP) is 5.99. The standard InChI is InChI=1S/C20H19N3OS4/c1-11-9-12(2)22-19(21-11)26-10-15(24)23-14-8-6-5-7-13(14)16-17(20(23,3)4)27-28-18(16)25/h5-9H,10H2,1-4H3. The molecule has 0 spiro atoms. The molecule has 4 rings (SSSR count). The van der Waals surface area contributed by atoms with E-state index in [0.717, 1.165) is 36.9 Å². The van der Waals surface area contributed by atoms with Crippen molar-refractivity contribution in [2.24, 2.45) is 0 Å². The molecule has 0 saturated carbocycles. The molecular formula is C20H19N3OS4. The van der Waals surface area contributed by atoms with Crippen LogP contribution in [0.5, 0.6) is 0 Å². The molecule has 1 amide bonds. The Kier molecular flexibility index (Phi) is 5.16. The number of thioether (sulfide) groups is 1. The summed E-state index contributed by atoms with van der Waals surface area (Å²) in [6, 6.07) is 9.96. The first-order valence-corrected chi connectivity index (χ1v) is 12.3. The van der Waals surface area contributed by atoms with E-state index in [1.165, 1.54) is 11.8 Å². The molecule has 28 heavy (non-hydrogen) atoms. The highest BCUT2D eigenvalue weighted by Crippen LogP contribution is 2.52. The number of fused-ring (bicyclic) bond motifs is 3. The van der Waals surface area contributed by atoms with Crippen molar-refractivity contribution in [1.29, 1.82) is 0 Å². The zero-order valence-electron chi connectivity index (χ0n) is 16.0. The van der Waals surface area contributed by atoms with Crippen LogP contribution in [-0.2, 0) is 10.3 Å². The molecule has 1 aromatic carbocycles. The van der Waals surface area contributed by atoms with Crippen molar-refractivity contribution in [3.05, 3.63) is 50.4 Å². The van der Waals surface area contributed by atoms with Gasteiger partial charge in [-0.3, -0.25) is 4.79 Å². The molecule has 3 aromatic rings. The lowest BCUT2D eigenvalue weighted by Gasteiger charge is -2.42. The smallest absolute Gasteiger partial charge is 0.238 e. The third-order valence-electron chi connectivity index (χ3n) is 4.70. The van der Waals surface area contributed by atoms with Gasteiger partial charge in [-0.1, -0.05) is 62.9 Å². The van der Waals surface area contributed by atoms with Gasteiger partial charge in [-0.25, -0.2) is 9.97 Å². The van der Waals surface area contributed by atoms with E-state index in [1.54, 1.807) is 20.7 Å². The lowest BCUT2D eigenvalue weighted by molar-refractivity contribution is -0.117. The average molecular weight is 446 g/mol. The van der Waals surface area contributed by atoms with Crippen LogP contribution in [0.2, 0.25) is 0 Å². The zero-order chi connectivity index (χ0) is 20.1. The van der Waals surface area contributed by atoms with Gasteiger partial charge in [-0.05, 0) is 39.8 Å². The molecule has 1 aliphatic rings. The SMILES string of the molecule is Cc1cc(C)nc(SCC(=O)N2c3ccccc3-c3c(ssc3=S)C2(C)C)n1. The number of aromatic nitrogens is 2. The average Bonchev–Trinajstić information content (AvgIpc) is 3.02. The summed E-state index contributed by atoms with van der Waals surface area (Å²) in [6.45, 7) is 8.07. The number of hydrogen-bond acceptors (Lipinski definition) is 7. The van der Waals surface area contributed by atoms with Crippen LogP contribution >= 0.6 is 44.7 Å². The van der Waals surface area contributed by atoms with Crippen LogP contribution in [0.4, 0.5) is 5.69 Å². The minimum absolute atomic E-state index is 0.0418. The largest absolute Gasteiger partial charge is 0.301 e. The van der Waals surface area contributed by atoms with E-state index in [-0.39, 0.29) is 11.7 Å². The predicted molar refractivity (Wildman–Crippen MR) is 121 cm³/mol. The van der Waals surface area contributed by atoms with E-state index in [0.29, 0.717) is 5.16 Å². The number of para-hydroxylation sites is 1. The molecule has 3 heterocycles. The molecule has 0 bridgehead atoms. The van der Waals surface area contributed by atoms with Crippen LogP contribution in [0, 0.1) is 17.7 Å². The molecule has 0 saturated heterocycles. The molecule has 0 unspecified atom stereocenters. The van der Waals surface area contributed by atoms with Gasteiger partial charge in [-0.15, -0.1) is 0 Å². The summed E-state index contributed by atoms with van der Waals surface area (Å²) in [5.74, 6) is 0.325. The fourth-order valence-corrected chi connectivity index (χ4v) is 7.65. The van der Waals surface area contributed by atoms with Crippen molar-refractivity contribution < 1.29 is 4.79 Å². The van der Waals surface area contributed by atoms with Crippen LogP contribution in [0.15, 0.2) is 35.5 Å². The lowest BCUT2D eigenvalue weighted by Crippen LogP contribution is -2.48. The van der Waals surface area contributed by atoms with Crippen molar-refractivity contribution >= 4 is 56.3 Å². The molecule has 0 N–H and O–H groups in total. The van der Waals surface area contributed by atoms with E-state index < -0.39 is 5.54 Å². The van der Waals surface area contributed by atoms with Crippen molar-refractivity contribution in [1.82, 2.24) is 9.97 Å². The van der Waals surface area contributed by atoms with Gasteiger partial charge >= 0.3 is 0 Å². The van der Waals surface area contributed by atoms with Crippen LogP contribution in [-0.4, -0.2) is 21.6 Å². The molecule has 0 fully saturated rings. The van der Waals surface area contributed by atoms with E-state index in [2.05, 4.69) is 29.9 Å². The topological polar surface area (TPSA) is 46.1 Å². The monoisotopic (exact) mass is 445 g/mol. The highest BCUT2D eigenvalue weighted by molar-refractivity contribution is 7.99. The number of rotatable bonds is 3. The Hall–Kier alpha value is -1.61. The number of amides is 1. The number of nitrogens with zero attached hydrogens (tertiary/aromatic N) is 3. The second-order valence-electron chi connectivity index (χ2n) is 7.19. The highest BCUT2D eigenvalue weighted by atomic mass is 32.9. The fraction of sp³-hybridized carbons (Fsp3) is 0.300. The Morgan fingerprint density at radius 2 is 1.86 bits per heavy atom. The minimum atomic E-state index is -0.455. The van der Waals surface area contributed by atoms with Crippen molar-refractivity contribution in [2.75, 3.05) is 10.7 Å². The van der Waals surface area contributed by atoms with E-state index in [1.807, 2.05) is 43.0 Å². The van der Waals surface area contributed by atoms with Crippen LogP contribution in [0.1, 0.15) is 30.1 Å².